The Morgan fingerprint density at radius 2 is 2.24 bits per heavy atom. The van der Waals surface area contributed by atoms with E-state index in [4.69, 9.17) is 11.6 Å². The minimum atomic E-state index is 0.199. The number of amides is 1. The summed E-state index contributed by atoms with van der Waals surface area (Å²) in [5.41, 5.74) is 0.928. The van der Waals surface area contributed by atoms with Crippen molar-refractivity contribution >= 4 is 17.5 Å². The molecular weight excluding hydrogens is 234 g/mol. The van der Waals surface area contributed by atoms with Crippen molar-refractivity contribution in [3.05, 3.63) is 34.9 Å². The zero-order valence-electron chi connectivity index (χ0n) is 10.2. The lowest BCUT2D eigenvalue weighted by Gasteiger charge is -2.31. The summed E-state index contributed by atoms with van der Waals surface area (Å²) in [6, 6.07) is 7.57. The molecule has 2 rings (SSSR count). The molecule has 0 radical (unpaired) electrons. The first kappa shape index (κ1) is 12.4. The predicted octanol–water partition coefficient (Wildman–Crippen LogP) is 3.14. The van der Waals surface area contributed by atoms with E-state index in [9.17, 15) is 4.79 Å². The van der Waals surface area contributed by atoms with Crippen LogP contribution in [0.25, 0.3) is 0 Å². The van der Waals surface area contributed by atoms with Crippen LogP contribution in [0.5, 0.6) is 0 Å². The molecule has 92 valence electrons. The van der Waals surface area contributed by atoms with Crippen molar-refractivity contribution in [1.29, 1.82) is 0 Å². The Morgan fingerprint density at radius 1 is 1.47 bits per heavy atom. The second kappa shape index (κ2) is 5.54. The number of hydrogen-bond donors (Lipinski definition) is 0. The van der Waals surface area contributed by atoms with Crippen molar-refractivity contribution < 1.29 is 4.79 Å². The Balaban J connectivity index is 1.99. The highest BCUT2D eigenvalue weighted by Gasteiger charge is 2.21. The van der Waals surface area contributed by atoms with Crippen LogP contribution in [0.1, 0.15) is 25.3 Å². The van der Waals surface area contributed by atoms with Gasteiger partial charge in [0.05, 0.1) is 6.42 Å². The quantitative estimate of drug-likeness (QED) is 0.791. The van der Waals surface area contributed by atoms with Gasteiger partial charge >= 0.3 is 0 Å². The van der Waals surface area contributed by atoms with Crippen molar-refractivity contribution in [3.8, 4) is 0 Å². The van der Waals surface area contributed by atoms with E-state index in [0.29, 0.717) is 17.4 Å². The van der Waals surface area contributed by atoms with Gasteiger partial charge in [-0.3, -0.25) is 4.79 Å². The summed E-state index contributed by atoms with van der Waals surface area (Å²) in [7, 11) is 0. The summed E-state index contributed by atoms with van der Waals surface area (Å²) in [4.78, 5) is 14.1. The Morgan fingerprint density at radius 3 is 2.94 bits per heavy atom. The monoisotopic (exact) mass is 251 g/mol. The van der Waals surface area contributed by atoms with Crippen LogP contribution in [0.2, 0.25) is 5.02 Å². The number of nitrogens with zero attached hydrogens (tertiary/aromatic N) is 1. The third kappa shape index (κ3) is 3.22. The molecule has 3 heteroatoms. The number of carbonyl (C=O) groups is 1. The van der Waals surface area contributed by atoms with Crippen LogP contribution < -0.4 is 0 Å². The molecule has 1 aliphatic rings. The number of likely N-dealkylation sites (tertiary alicyclic amines) is 1. The molecule has 1 atom stereocenters. The average molecular weight is 252 g/mol. The fourth-order valence-corrected chi connectivity index (χ4v) is 2.53. The molecule has 0 spiro atoms. The van der Waals surface area contributed by atoms with Gasteiger partial charge in [-0.15, -0.1) is 0 Å². The minimum Gasteiger partial charge on any atom is -0.342 e. The molecule has 0 aromatic heterocycles. The van der Waals surface area contributed by atoms with Crippen LogP contribution >= 0.6 is 11.6 Å². The first-order valence-electron chi connectivity index (χ1n) is 6.18. The standard InChI is InChI=1S/C14H18ClNO/c1-11-5-4-8-16(10-11)14(17)9-12-6-2-3-7-13(12)15/h2-3,6-7,11H,4-5,8-10H2,1H3/t11-/m1/s1. The molecule has 1 aromatic rings. The van der Waals surface area contributed by atoms with Gasteiger partial charge in [-0.1, -0.05) is 36.7 Å². The van der Waals surface area contributed by atoms with E-state index in [1.165, 1.54) is 6.42 Å². The van der Waals surface area contributed by atoms with Crippen molar-refractivity contribution in [2.45, 2.75) is 26.2 Å². The van der Waals surface area contributed by atoms with Crippen molar-refractivity contribution in [1.82, 2.24) is 4.90 Å². The lowest BCUT2D eigenvalue weighted by Crippen LogP contribution is -2.39. The van der Waals surface area contributed by atoms with Gasteiger partial charge < -0.3 is 4.90 Å². The lowest BCUT2D eigenvalue weighted by molar-refractivity contribution is -0.132. The van der Waals surface area contributed by atoms with Gasteiger partial charge in [0.15, 0.2) is 0 Å². The molecule has 2 nitrogen and oxygen atoms in total. The molecule has 0 N–H and O–H groups in total. The molecule has 1 aliphatic heterocycles. The molecule has 17 heavy (non-hydrogen) atoms. The maximum atomic E-state index is 12.1. The molecule has 0 bridgehead atoms. The molecule has 0 saturated carbocycles. The van der Waals surface area contributed by atoms with Gasteiger partial charge in [0.1, 0.15) is 0 Å². The molecule has 1 saturated heterocycles. The Bertz CT molecular complexity index is 405. The largest absolute Gasteiger partial charge is 0.342 e. The highest BCUT2D eigenvalue weighted by Crippen LogP contribution is 2.19. The number of hydrogen-bond acceptors (Lipinski definition) is 1. The Labute approximate surface area is 108 Å². The Kier molecular flexibility index (Phi) is 4.06. The maximum Gasteiger partial charge on any atom is 0.227 e. The van der Waals surface area contributed by atoms with E-state index in [2.05, 4.69) is 6.92 Å². The predicted molar refractivity (Wildman–Crippen MR) is 70.1 cm³/mol. The first-order valence-corrected chi connectivity index (χ1v) is 6.56. The minimum absolute atomic E-state index is 0.199. The number of carbonyl (C=O) groups excluding carboxylic acids is 1. The number of rotatable bonds is 2. The SMILES string of the molecule is C[C@@H]1CCCN(C(=O)Cc2ccccc2Cl)C1. The number of halogens is 1. The number of benzene rings is 1. The zero-order valence-corrected chi connectivity index (χ0v) is 10.9. The molecule has 1 amide bonds. The summed E-state index contributed by atoms with van der Waals surface area (Å²) in [5.74, 6) is 0.823. The first-order chi connectivity index (χ1) is 8.16. The third-order valence-electron chi connectivity index (χ3n) is 3.31. The van der Waals surface area contributed by atoms with Crippen LogP contribution in [0.15, 0.2) is 24.3 Å². The highest BCUT2D eigenvalue weighted by molar-refractivity contribution is 6.31. The van der Waals surface area contributed by atoms with Crippen LogP contribution in [0, 0.1) is 5.92 Å². The summed E-state index contributed by atoms with van der Waals surface area (Å²) in [6.07, 6.45) is 2.78. The van der Waals surface area contributed by atoms with Crippen LogP contribution in [0.3, 0.4) is 0 Å². The average Bonchev–Trinajstić information content (AvgIpc) is 2.32. The molecule has 1 aromatic carbocycles. The maximum absolute atomic E-state index is 12.1. The summed E-state index contributed by atoms with van der Waals surface area (Å²) >= 11 is 6.07. The molecule has 0 unspecified atom stereocenters. The Hall–Kier alpha value is -1.02. The second-order valence-corrected chi connectivity index (χ2v) is 5.26. The molecule has 1 heterocycles. The van der Waals surface area contributed by atoms with Gasteiger partial charge in [0.25, 0.3) is 0 Å². The van der Waals surface area contributed by atoms with E-state index < -0.39 is 0 Å². The topological polar surface area (TPSA) is 20.3 Å². The van der Waals surface area contributed by atoms with Gasteiger partial charge in [-0.05, 0) is 30.4 Å². The van der Waals surface area contributed by atoms with Gasteiger partial charge in [-0.25, -0.2) is 0 Å². The van der Waals surface area contributed by atoms with Crippen molar-refractivity contribution in [2.75, 3.05) is 13.1 Å². The fraction of sp³-hybridized carbons (Fsp3) is 0.500. The van der Waals surface area contributed by atoms with Gasteiger partial charge in [0, 0.05) is 18.1 Å². The summed E-state index contributed by atoms with van der Waals surface area (Å²) in [5, 5.41) is 0.686. The van der Waals surface area contributed by atoms with Gasteiger partial charge in [-0.2, -0.15) is 0 Å². The van der Waals surface area contributed by atoms with E-state index >= 15 is 0 Å². The van der Waals surface area contributed by atoms with E-state index in [1.54, 1.807) is 0 Å². The fourth-order valence-electron chi connectivity index (χ4n) is 2.33. The van der Waals surface area contributed by atoms with E-state index in [0.717, 1.165) is 25.1 Å². The van der Waals surface area contributed by atoms with Crippen molar-refractivity contribution in [2.24, 2.45) is 5.92 Å². The summed E-state index contributed by atoms with van der Waals surface area (Å²) < 4.78 is 0. The van der Waals surface area contributed by atoms with Gasteiger partial charge in [0.2, 0.25) is 5.91 Å². The second-order valence-electron chi connectivity index (χ2n) is 4.86. The molecular formula is C14H18ClNO. The summed E-state index contributed by atoms with van der Waals surface area (Å²) in [6.45, 7) is 3.99. The van der Waals surface area contributed by atoms with Crippen molar-refractivity contribution in [3.63, 3.8) is 0 Å². The van der Waals surface area contributed by atoms with E-state index in [-0.39, 0.29) is 5.91 Å². The normalized spacial score (nSPS) is 20.4. The number of piperidine rings is 1. The van der Waals surface area contributed by atoms with Crippen LogP contribution in [-0.2, 0) is 11.2 Å². The molecule has 1 fully saturated rings. The third-order valence-corrected chi connectivity index (χ3v) is 3.68. The van der Waals surface area contributed by atoms with E-state index in [1.807, 2.05) is 29.2 Å². The lowest BCUT2D eigenvalue weighted by atomic mass is 9.99. The van der Waals surface area contributed by atoms with Crippen LogP contribution in [-0.4, -0.2) is 23.9 Å². The highest BCUT2D eigenvalue weighted by atomic mass is 35.5. The molecule has 0 aliphatic carbocycles. The smallest absolute Gasteiger partial charge is 0.227 e. The van der Waals surface area contributed by atoms with Crippen LogP contribution in [0.4, 0.5) is 0 Å². The zero-order chi connectivity index (χ0) is 12.3.